The van der Waals surface area contributed by atoms with Gasteiger partial charge in [0.1, 0.15) is 5.00 Å². The van der Waals surface area contributed by atoms with Gasteiger partial charge in [0.15, 0.2) is 0 Å². The molecule has 1 fully saturated rings. The highest BCUT2D eigenvalue weighted by Gasteiger charge is 2.21. The number of carbonyl (C=O) groups excluding carboxylic acids is 2. The Balaban J connectivity index is 1.44. The van der Waals surface area contributed by atoms with Crippen LogP contribution in [0.4, 0.5) is 5.00 Å². The van der Waals surface area contributed by atoms with Crippen LogP contribution < -0.4 is 5.32 Å². The molecule has 0 bridgehead atoms. The Morgan fingerprint density at radius 3 is 2.48 bits per heavy atom. The van der Waals surface area contributed by atoms with E-state index in [1.54, 1.807) is 18.4 Å². The molecule has 1 aliphatic rings. The molecule has 0 atom stereocenters. The quantitative estimate of drug-likeness (QED) is 0.704. The third-order valence-electron chi connectivity index (χ3n) is 4.73. The topological polar surface area (TPSA) is 85.7 Å². The van der Waals surface area contributed by atoms with E-state index in [1.165, 1.54) is 16.9 Å². The van der Waals surface area contributed by atoms with Crippen molar-refractivity contribution in [1.82, 2.24) is 9.80 Å². The summed E-state index contributed by atoms with van der Waals surface area (Å²) in [4.78, 5) is 28.8. The lowest BCUT2D eigenvalue weighted by Crippen LogP contribution is -2.48. The third kappa shape index (κ3) is 5.87. The zero-order valence-electron chi connectivity index (χ0n) is 16.4. The average molecular weight is 413 g/mol. The lowest BCUT2D eigenvalue weighted by atomic mass is 10.1. The molecule has 3 rings (SSSR count). The molecule has 1 N–H and O–H groups in total. The lowest BCUT2D eigenvalue weighted by Gasteiger charge is -2.34. The van der Waals surface area contributed by atoms with Crippen LogP contribution in [0.2, 0.25) is 0 Å². The minimum Gasteiger partial charge on any atom is -0.462 e. The van der Waals surface area contributed by atoms with Crippen LogP contribution in [0.15, 0.2) is 35.7 Å². The molecule has 1 aromatic heterocycles. The highest BCUT2D eigenvalue weighted by molar-refractivity contribution is 7.14. The second-order valence-electron chi connectivity index (χ2n) is 6.79. The van der Waals surface area contributed by atoms with Crippen molar-refractivity contribution < 1.29 is 14.3 Å². The van der Waals surface area contributed by atoms with Gasteiger partial charge in [-0.2, -0.15) is 5.26 Å². The number of hydrogen-bond donors (Lipinski definition) is 1. The molecule has 0 spiro atoms. The molecule has 7 nitrogen and oxygen atoms in total. The molecule has 2 aromatic rings. The van der Waals surface area contributed by atoms with Crippen LogP contribution in [0.1, 0.15) is 28.4 Å². The summed E-state index contributed by atoms with van der Waals surface area (Å²) in [5.41, 5.74) is 2.25. The van der Waals surface area contributed by atoms with E-state index in [-0.39, 0.29) is 5.91 Å². The maximum atomic E-state index is 12.4. The predicted molar refractivity (Wildman–Crippen MR) is 112 cm³/mol. The van der Waals surface area contributed by atoms with Crippen LogP contribution in [0, 0.1) is 11.3 Å². The first-order valence-corrected chi connectivity index (χ1v) is 10.4. The molecule has 29 heavy (non-hydrogen) atoms. The van der Waals surface area contributed by atoms with Crippen LogP contribution in [0.25, 0.3) is 0 Å². The van der Waals surface area contributed by atoms with Crippen molar-refractivity contribution >= 4 is 28.2 Å². The number of hydrogen-bond acceptors (Lipinski definition) is 7. The molecule has 8 heteroatoms. The summed E-state index contributed by atoms with van der Waals surface area (Å²) >= 11 is 1.32. The molecule has 152 valence electrons. The van der Waals surface area contributed by atoms with Crippen molar-refractivity contribution in [3.63, 3.8) is 0 Å². The molecule has 0 saturated carbocycles. The van der Waals surface area contributed by atoms with Crippen LogP contribution in [-0.4, -0.2) is 61.0 Å². The fourth-order valence-corrected chi connectivity index (χ4v) is 3.98. The van der Waals surface area contributed by atoms with Crippen LogP contribution >= 0.6 is 11.3 Å². The number of nitrogens with zero attached hydrogens (tertiary/aromatic N) is 3. The van der Waals surface area contributed by atoms with Crippen molar-refractivity contribution in [2.75, 3.05) is 44.6 Å². The van der Waals surface area contributed by atoms with Crippen molar-refractivity contribution in [2.24, 2.45) is 0 Å². The summed E-state index contributed by atoms with van der Waals surface area (Å²) in [5, 5.41) is 14.0. The molecule has 2 heterocycles. The van der Waals surface area contributed by atoms with Gasteiger partial charge in [-0.1, -0.05) is 12.1 Å². The largest absolute Gasteiger partial charge is 0.462 e. The zero-order chi connectivity index (χ0) is 20.6. The van der Waals surface area contributed by atoms with Crippen LogP contribution in [-0.2, 0) is 16.1 Å². The zero-order valence-corrected chi connectivity index (χ0v) is 17.2. The van der Waals surface area contributed by atoms with E-state index in [9.17, 15) is 9.59 Å². The van der Waals surface area contributed by atoms with Gasteiger partial charge in [0.2, 0.25) is 5.91 Å². The standard InChI is InChI=1S/C21H24N4O3S/c1-2-28-21(27)18-7-12-29-20(18)23-19(26)15-25-10-8-24(9-11-25)14-17-5-3-16(13-22)4-6-17/h3-7,12H,2,8-11,14-15H2,1H3,(H,23,26). The Morgan fingerprint density at radius 1 is 1.14 bits per heavy atom. The number of benzene rings is 1. The first-order chi connectivity index (χ1) is 14.1. The van der Waals surface area contributed by atoms with Crippen molar-refractivity contribution in [3.8, 4) is 6.07 Å². The summed E-state index contributed by atoms with van der Waals surface area (Å²) in [7, 11) is 0. The first kappa shape index (κ1) is 21.0. The van der Waals surface area contributed by atoms with Gasteiger partial charge in [-0.3, -0.25) is 14.6 Å². The Bertz CT molecular complexity index is 880. The molecular weight excluding hydrogens is 388 g/mol. The Morgan fingerprint density at radius 2 is 1.83 bits per heavy atom. The number of carbonyl (C=O) groups is 2. The maximum Gasteiger partial charge on any atom is 0.341 e. The molecular formula is C21H24N4O3S. The van der Waals surface area contributed by atoms with E-state index < -0.39 is 5.97 Å². The number of rotatable bonds is 7. The van der Waals surface area contributed by atoms with E-state index in [0.717, 1.165) is 32.7 Å². The lowest BCUT2D eigenvalue weighted by molar-refractivity contribution is -0.117. The summed E-state index contributed by atoms with van der Waals surface area (Å²) < 4.78 is 5.02. The fraction of sp³-hybridized carbons (Fsp3) is 0.381. The first-order valence-electron chi connectivity index (χ1n) is 9.57. The Labute approximate surface area is 174 Å². The van der Waals surface area contributed by atoms with Gasteiger partial charge in [-0.25, -0.2) is 4.79 Å². The number of piperazine rings is 1. The molecule has 0 aliphatic carbocycles. The fourth-order valence-electron chi connectivity index (χ4n) is 3.19. The molecule has 1 amide bonds. The highest BCUT2D eigenvalue weighted by atomic mass is 32.1. The minimum atomic E-state index is -0.416. The second kappa shape index (κ2) is 10.2. The van der Waals surface area contributed by atoms with Crippen LogP contribution in [0.3, 0.4) is 0 Å². The van der Waals surface area contributed by atoms with Gasteiger partial charge in [0, 0.05) is 32.7 Å². The predicted octanol–water partition coefficient (Wildman–Crippen LogP) is 2.55. The number of nitriles is 1. The Hall–Kier alpha value is -2.73. The molecule has 1 aliphatic heterocycles. The highest BCUT2D eigenvalue weighted by Crippen LogP contribution is 2.24. The average Bonchev–Trinajstić information content (AvgIpc) is 3.18. The van der Waals surface area contributed by atoms with Gasteiger partial charge in [0.05, 0.1) is 30.3 Å². The van der Waals surface area contributed by atoms with Crippen molar-refractivity contribution in [1.29, 1.82) is 5.26 Å². The van der Waals surface area contributed by atoms with Gasteiger partial charge in [0.25, 0.3) is 0 Å². The molecule has 0 unspecified atom stereocenters. The van der Waals surface area contributed by atoms with Gasteiger partial charge >= 0.3 is 5.97 Å². The van der Waals surface area contributed by atoms with Crippen LogP contribution in [0.5, 0.6) is 0 Å². The van der Waals surface area contributed by atoms with E-state index >= 15 is 0 Å². The number of esters is 1. The Kier molecular flexibility index (Phi) is 7.36. The summed E-state index contributed by atoms with van der Waals surface area (Å²) in [6.07, 6.45) is 0. The van der Waals surface area contributed by atoms with E-state index in [0.29, 0.717) is 29.3 Å². The number of thiophene rings is 1. The van der Waals surface area contributed by atoms with E-state index in [4.69, 9.17) is 10.00 Å². The number of amides is 1. The molecule has 0 radical (unpaired) electrons. The van der Waals surface area contributed by atoms with Gasteiger partial charge in [-0.15, -0.1) is 11.3 Å². The minimum absolute atomic E-state index is 0.126. The summed E-state index contributed by atoms with van der Waals surface area (Å²) in [6, 6.07) is 11.4. The third-order valence-corrected chi connectivity index (χ3v) is 5.56. The SMILES string of the molecule is CCOC(=O)c1ccsc1NC(=O)CN1CCN(Cc2ccc(C#N)cc2)CC1. The second-order valence-corrected chi connectivity index (χ2v) is 7.71. The van der Waals surface area contributed by atoms with Crippen molar-refractivity contribution in [3.05, 3.63) is 52.4 Å². The molecule has 1 aromatic carbocycles. The normalized spacial score (nSPS) is 14.9. The molecule has 1 saturated heterocycles. The smallest absolute Gasteiger partial charge is 0.341 e. The van der Waals surface area contributed by atoms with Gasteiger partial charge < -0.3 is 10.1 Å². The van der Waals surface area contributed by atoms with E-state index in [1.807, 2.05) is 24.3 Å². The number of nitrogens with one attached hydrogen (secondary N) is 1. The van der Waals surface area contributed by atoms with E-state index in [2.05, 4.69) is 21.2 Å². The number of anilines is 1. The maximum absolute atomic E-state index is 12.4. The summed E-state index contributed by atoms with van der Waals surface area (Å²) in [5.74, 6) is -0.543. The number of ether oxygens (including phenoxy) is 1. The van der Waals surface area contributed by atoms with Crippen molar-refractivity contribution in [2.45, 2.75) is 13.5 Å². The summed E-state index contributed by atoms with van der Waals surface area (Å²) in [6.45, 7) is 6.55. The monoisotopic (exact) mass is 412 g/mol. The van der Waals surface area contributed by atoms with Gasteiger partial charge in [-0.05, 0) is 36.1 Å².